The number of thioether (sulfide) groups is 1. The minimum absolute atomic E-state index is 0.0189. The van der Waals surface area contributed by atoms with Crippen molar-refractivity contribution in [2.24, 2.45) is 0 Å². The highest BCUT2D eigenvalue weighted by Crippen LogP contribution is 2.27. The fraction of sp³-hybridized carbons (Fsp3) is 0.0938. The summed E-state index contributed by atoms with van der Waals surface area (Å²) < 4.78 is 18.6. The molecule has 9 heteroatoms. The van der Waals surface area contributed by atoms with Crippen LogP contribution in [0.5, 0.6) is 5.75 Å². The third kappa shape index (κ3) is 8.55. The van der Waals surface area contributed by atoms with Crippen LogP contribution < -0.4 is 20.7 Å². The Morgan fingerprint density at radius 1 is 0.829 bits per heavy atom. The normalized spacial score (nSPS) is 11.7. The molecule has 0 fully saturated rings. The first-order valence-electron chi connectivity index (χ1n) is 12.7. The van der Waals surface area contributed by atoms with Crippen LogP contribution in [0.4, 0.5) is 15.8 Å². The molecule has 0 saturated heterocycles. The van der Waals surface area contributed by atoms with Gasteiger partial charge in [0.1, 0.15) is 17.3 Å². The Morgan fingerprint density at radius 3 is 2.22 bits per heavy atom. The van der Waals surface area contributed by atoms with Crippen molar-refractivity contribution >= 4 is 46.9 Å². The van der Waals surface area contributed by atoms with Gasteiger partial charge in [0.25, 0.3) is 11.8 Å². The fourth-order valence-corrected chi connectivity index (χ4v) is 4.64. The number of carbonyl (C=O) groups excluding carboxylic acids is 3. The number of amides is 3. The highest BCUT2D eigenvalue weighted by Gasteiger charge is 2.17. The first-order chi connectivity index (χ1) is 19.8. The summed E-state index contributed by atoms with van der Waals surface area (Å²) in [4.78, 5) is 39.6. The second-order valence-electron chi connectivity index (χ2n) is 8.89. The molecule has 0 heterocycles. The van der Waals surface area contributed by atoms with Crippen molar-refractivity contribution in [1.29, 1.82) is 0 Å². The fourth-order valence-electron chi connectivity index (χ4n) is 3.72. The van der Waals surface area contributed by atoms with Crippen LogP contribution in [0.3, 0.4) is 0 Å². The number of anilines is 2. The number of ether oxygens (including phenoxy) is 1. The van der Waals surface area contributed by atoms with Crippen LogP contribution in [0.1, 0.15) is 22.8 Å². The second-order valence-corrected chi connectivity index (χ2v) is 10.3. The summed E-state index contributed by atoms with van der Waals surface area (Å²) in [6, 6.07) is 28.2. The smallest absolute Gasteiger partial charge is 0.272 e. The summed E-state index contributed by atoms with van der Waals surface area (Å²) in [6.07, 6.45) is 1.47. The molecule has 1 unspecified atom stereocenters. The van der Waals surface area contributed by atoms with Crippen molar-refractivity contribution in [3.05, 3.63) is 126 Å². The molecule has 1 atom stereocenters. The van der Waals surface area contributed by atoms with E-state index in [4.69, 9.17) is 4.74 Å². The van der Waals surface area contributed by atoms with Gasteiger partial charge in [-0.15, -0.1) is 11.8 Å². The number of hydrogen-bond donors (Lipinski definition) is 3. The molecule has 0 spiro atoms. The van der Waals surface area contributed by atoms with E-state index >= 15 is 0 Å². The molecule has 208 valence electrons. The van der Waals surface area contributed by atoms with E-state index < -0.39 is 22.9 Å². The number of rotatable bonds is 10. The van der Waals surface area contributed by atoms with Gasteiger partial charge in [0, 0.05) is 27.9 Å². The predicted octanol–water partition coefficient (Wildman–Crippen LogP) is 6.36. The Hall–Kier alpha value is -4.89. The summed E-state index contributed by atoms with van der Waals surface area (Å²) in [5, 5.41) is 7.90. The lowest BCUT2D eigenvalue weighted by Crippen LogP contribution is -2.30. The lowest BCUT2D eigenvalue weighted by molar-refractivity contribution is -0.115. The van der Waals surface area contributed by atoms with E-state index in [9.17, 15) is 18.8 Å². The number of carbonyl (C=O) groups is 3. The van der Waals surface area contributed by atoms with Crippen LogP contribution in [0, 0.1) is 5.82 Å². The van der Waals surface area contributed by atoms with Gasteiger partial charge >= 0.3 is 0 Å². The lowest BCUT2D eigenvalue weighted by atomic mass is 10.1. The number of benzene rings is 4. The maximum Gasteiger partial charge on any atom is 0.272 e. The van der Waals surface area contributed by atoms with Crippen LogP contribution in [-0.4, -0.2) is 30.1 Å². The van der Waals surface area contributed by atoms with E-state index in [-0.39, 0.29) is 11.6 Å². The molecule has 41 heavy (non-hydrogen) atoms. The average Bonchev–Trinajstić information content (AvgIpc) is 2.98. The summed E-state index contributed by atoms with van der Waals surface area (Å²) in [5.74, 6) is -0.994. The van der Waals surface area contributed by atoms with Gasteiger partial charge in [0.2, 0.25) is 5.91 Å². The van der Waals surface area contributed by atoms with Gasteiger partial charge in [0.15, 0.2) is 0 Å². The Bertz CT molecular complexity index is 1560. The van der Waals surface area contributed by atoms with Crippen molar-refractivity contribution in [3.8, 4) is 5.75 Å². The molecule has 0 aliphatic rings. The quantitative estimate of drug-likeness (QED) is 0.153. The van der Waals surface area contributed by atoms with Gasteiger partial charge in [-0.3, -0.25) is 14.4 Å². The predicted molar refractivity (Wildman–Crippen MR) is 160 cm³/mol. The van der Waals surface area contributed by atoms with Crippen molar-refractivity contribution in [2.45, 2.75) is 17.1 Å². The Balaban J connectivity index is 1.47. The summed E-state index contributed by atoms with van der Waals surface area (Å²) >= 11 is 1.33. The molecule has 4 aromatic rings. The van der Waals surface area contributed by atoms with Gasteiger partial charge in [-0.2, -0.15) is 0 Å². The molecular weight excluding hydrogens is 541 g/mol. The first kappa shape index (κ1) is 29.1. The van der Waals surface area contributed by atoms with Gasteiger partial charge in [-0.1, -0.05) is 42.5 Å². The maximum absolute atomic E-state index is 13.4. The van der Waals surface area contributed by atoms with Crippen LogP contribution >= 0.6 is 11.8 Å². The SMILES string of the molecule is COc1cccc(NC(=O)C(C)Sc2cccc(NC(=O)/C(=C/c3ccc(F)cc3)NC(=O)c3ccccc3)c2)c1. The minimum atomic E-state index is -0.565. The maximum atomic E-state index is 13.4. The monoisotopic (exact) mass is 569 g/mol. The Morgan fingerprint density at radius 2 is 1.51 bits per heavy atom. The summed E-state index contributed by atoms with van der Waals surface area (Å²) in [5.41, 5.74) is 1.99. The number of hydrogen-bond acceptors (Lipinski definition) is 5. The lowest BCUT2D eigenvalue weighted by Gasteiger charge is -2.14. The molecule has 0 aliphatic heterocycles. The summed E-state index contributed by atoms with van der Waals surface area (Å²) in [6.45, 7) is 1.79. The average molecular weight is 570 g/mol. The standard InChI is InChI=1S/C32H28FN3O4S/c1-21(30(37)34-25-10-6-12-27(19-25)40-2)41-28-13-7-11-26(20-28)35-32(39)29(18-22-14-16-24(33)17-15-22)36-31(38)23-8-4-3-5-9-23/h3-21H,1-2H3,(H,34,37)(H,35,39)(H,36,38)/b29-18-. The third-order valence-electron chi connectivity index (χ3n) is 5.82. The van der Waals surface area contributed by atoms with E-state index in [0.717, 1.165) is 4.90 Å². The molecule has 0 bridgehead atoms. The molecule has 0 radical (unpaired) electrons. The number of methoxy groups -OCH3 is 1. The molecular formula is C32H28FN3O4S. The second kappa shape index (κ2) is 14.0. The molecule has 4 rings (SSSR count). The van der Waals surface area contributed by atoms with Crippen LogP contribution in [0.25, 0.3) is 6.08 Å². The molecule has 0 saturated carbocycles. The largest absolute Gasteiger partial charge is 0.497 e. The van der Waals surface area contributed by atoms with E-state index in [1.807, 2.05) is 6.07 Å². The van der Waals surface area contributed by atoms with Crippen molar-refractivity contribution in [1.82, 2.24) is 5.32 Å². The van der Waals surface area contributed by atoms with E-state index in [0.29, 0.717) is 28.3 Å². The molecule has 3 amide bonds. The van der Waals surface area contributed by atoms with Crippen molar-refractivity contribution < 1.29 is 23.5 Å². The van der Waals surface area contributed by atoms with Crippen LogP contribution in [0.15, 0.2) is 114 Å². The number of nitrogens with one attached hydrogen (secondary N) is 3. The minimum Gasteiger partial charge on any atom is -0.497 e. The van der Waals surface area contributed by atoms with Gasteiger partial charge in [0.05, 0.1) is 12.4 Å². The van der Waals surface area contributed by atoms with E-state index in [2.05, 4.69) is 16.0 Å². The van der Waals surface area contributed by atoms with E-state index in [1.165, 1.54) is 42.1 Å². The van der Waals surface area contributed by atoms with Gasteiger partial charge in [-0.05, 0) is 73.2 Å². The zero-order valence-electron chi connectivity index (χ0n) is 22.4. The van der Waals surface area contributed by atoms with Crippen molar-refractivity contribution in [2.75, 3.05) is 17.7 Å². The molecule has 3 N–H and O–H groups in total. The van der Waals surface area contributed by atoms with Crippen LogP contribution in [0.2, 0.25) is 0 Å². The molecule has 7 nitrogen and oxygen atoms in total. The highest BCUT2D eigenvalue weighted by molar-refractivity contribution is 8.00. The molecule has 0 aliphatic carbocycles. The first-order valence-corrected chi connectivity index (χ1v) is 13.6. The third-order valence-corrected chi connectivity index (χ3v) is 6.91. The number of halogens is 1. The van der Waals surface area contributed by atoms with Gasteiger partial charge in [-0.25, -0.2) is 4.39 Å². The zero-order chi connectivity index (χ0) is 29.2. The van der Waals surface area contributed by atoms with Crippen LogP contribution in [-0.2, 0) is 9.59 Å². The topological polar surface area (TPSA) is 96.5 Å². The zero-order valence-corrected chi connectivity index (χ0v) is 23.2. The Kier molecular flexibility index (Phi) is 9.90. The van der Waals surface area contributed by atoms with Crippen molar-refractivity contribution in [3.63, 3.8) is 0 Å². The van der Waals surface area contributed by atoms with Gasteiger partial charge < -0.3 is 20.7 Å². The molecule has 0 aromatic heterocycles. The highest BCUT2D eigenvalue weighted by atomic mass is 32.2. The van der Waals surface area contributed by atoms with E-state index in [1.54, 1.807) is 86.8 Å². The Labute approximate surface area is 241 Å². The molecule has 4 aromatic carbocycles. The summed E-state index contributed by atoms with van der Waals surface area (Å²) in [7, 11) is 1.56.